The average molecular weight is 168 g/mol. The number of phenols is 1. The maximum absolute atomic E-state index is 9.40. The van der Waals surface area contributed by atoms with Crippen LogP contribution in [0.3, 0.4) is 0 Å². The maximum atomic E-state index is 9.40. The number of hydrogen-bond acceptors (Lipinski definition) is 3. The summed E-state index contributed by atoms with van der Waals surface area (Å²) in [4.78, 5) is 0. The van der Waals surface area contributed by atoms with E-state index in [2.05, 4.69) is 0 Å². The van der Waals surface area contributed by atoms with E-state index in [4.69, 9.17) is 9.47 Å². The van der Waals surface area contributed by atoms with Gasteiger partial charge in [0.25, 0.3) is 0 Å². The molecule has 0 aliphatic heterocycles. The molecule has 12 heavy (non-hydrogen) atoms. The molecule has 0 amide bonds. The second kappa shape index (κ2) is 3.34. The minimum Gasteiger partial charge on any atom is -0.504 e. The monoisotopic (exact) mass is 168 g/mol. The fourth-order valence-electron chi connectivity index (χ4n) is 1.11. The van der Waals surface area contributed by atoms with Crippen molar-refractivity contribution < 1.29 is 14.6 Å². The van der Waals surface area contributed by atoms with Crippen LogP contribution in [0.1, 0.15) is 5.56 Å². The number of aromatic hydroxyl groups is 1. The van der Waals surface area contributed by atoms with E-state index < -0.39 is 0 Å². The van der Waals surface area contributed by atoms with Crippen LogP contribution in [0.4, 0.5) is 0 Å². The lowest BCUT2D eigenvalue weighted by molar-refractivity contribution is 0.363. The number of benzene rings is 1. The Bertz CT molecular complexity index is 258. The molecule has 0 heterocycles. The molecule has 0 atom stereocenters. The van der Waals surface area contributed by atoms with E-state index in [-0.39, 0.29) is 5.75 Å². The van der Waals surface area contributed by atoms with Crippen molar-refractivity contribution in [2.45, 2.75) is 6.92 Å². The van der Waals surface area contributed by atoms with Gasteiger partial charge in [0, 0.05) is 6.07 Å². The first-order chi connectivity index (χ1) is 5.69. The number of ether oxygens (including phenoxy) is 2. The van der Waals surface area contributed by atoms with E-state index in [1.165, 1.54) is 13.2 Å². The van der Waals surface area contributed by atoms with E-state index in [0.29, 0.717) is 11.5 Å². The molecule has 1 N–H and O–H groups in total. The van der Waals surface area contributed by atoms with Gasteiger partial charge in [-0.15, -0.1) is 0 Å². The lowest BCUT2D eigenvalue weighted by atomic mass is 10.2. The van der Waals surface area contributed by atoms with Crippen molar-refractivity contribution in [1.82, 2.24) is 0 Å². The molecule has 0 aliphatic rings. The summed E-state index contributed by atoms with van der Waals surface area (Å²) in [5.74, 6) is 1.23. The zero-order chi connectivity index (χ0) is 9.14. The first-order valence-electron chi connectivity index (χ1n) is 3.60. The Morgan fingerprint density at radius 1 is 1.17 bits per heavy atom. The van der Waals surface area contributed by atoms with Crippen LogP contribution < -0.4 is 9.47 Å². The Kier molecular flexibility index (Phi) is 2.43. The maximum Gasteiger partial charge on any atom is 0.163 e. The summed E-state index contributed by atoms with van der Waals surface area (Å²) in [6.45, 7) is 1.85. The van der Waals surface area contributed by atoms with Crippen molar-refractivity contribution in [3.05, 3.63) is 17.7 Å². The van der Waals surface area contributed by atoms with Crippen LogP contribution in [0, 0.1) is 6.92 Å². The van der Waals surface area contributed by atoms with E-state index >= 15 is 0 Å². The highest BCUT2D eigenvalue weighted by Gasteiger charge is 2.06. The predicted octanol–water partition coefficient (Wildman–Crippen LogP) is 1.72. The average Bonchev–Trinajstić information content (AvgIpc) is 2.03. The molecule has 0 aliphatic carbocycles. The lowest BCUT2D eigenvalue weighted by Crippen LogP contribution is -1.90. The molecule has 0 saturated heterocycles. The Labute approximate surface area is 71.5 Å². The van der Waals surface area contributed by atoms with Gasteiger partial charge in [-0.3, -0.25) is 0 Å². The summed E-state index contributed by atoms with van der Waals surface area (Å²) in [6, 6.07) is 3.32. The smallest absolute Gasteiger partial charge is 0.163 e. The largest absolute Gasteiger partial charge is 0.504 e. The highest BCUT2D eigenvalue weighted by molar-refractivity contribution is 5.50. The lowest BCUT2D eigenvalue weighted by Gasteiger charge is -2.08. The van der Waals surface area contributed by atoms with Gasteiger partial charge in [0.15, 0.2) is 11.5 Å². The Morgan fingerprint density at radius 3 is 2.25 bits per heavy atom. The third kappa shape index (κ3) is 1.44. The number of phenolic OH excluding ortho intramolecular Hbond substituents is 1. The highest BCUT2D eigenvalue weighted by Crippen LogP contribution is 2.33. The van der Waals surface area contributed by atoms with Gasteiger partial charge < -0.3 is 14.6 Å². The minimum atomic E-state index is 0.106. The van der Waals surface area contributed by atoms with Crippen LogP contribution in [0.25, 0.3) is 0 Å². The van der Waals surface area contributed by atoms with Gasteiger partial charge in [0.2, 0.25) is 0 Å². The fraction of sp³-hybridized carbons (Fsp3) is 0.333. The van der Waals surface area contributed by atoms with Gasteiger partial charge in [-0.2, -0.15) is 0 Å². The van der Waals surface area contributed by atoms with Gasteiger partial charge in [-0.25, -0.2) is 0 Å². The molecular formula is C9H12O3. The topological polar surface area (TPSA) is 38.7 Å². The molecule has 1 rings (SSSR count). The summed E-state index contributed by atoms with van der Waals surface area (Å²) >= 11 is 0. The standard InChI is InChI=1S/C9H12O3/c1-6-4-7(11-2)5-8(10)9(6)12-3/h4-5,10H,1-3H3. The molecule has 0 unspecified atom stereocenters. The van der Waals surface area contributed by atoms with Gasteiger partial charge in [0.05, 0.1) is 14.2 Å². The molecule has 0 fully saturated rings. The molecule has 0 aromatic heterocycles. The molecule has 0 radical (unpaired) electrons. The molecule has 1 aromatic carbocycles. The van der Waals surface area contributed by atoms with Crippen LogP contribution in [0.15, 0.2) is 12.1 Å². The Balaban J connectivity index is 3.18. The number of methoxy groups -OCH3 is 2. The predicted molar refractivity (Wildman–Crippen MR) is 45.9 cm³/mol. The Hall–Kier alpha value is -1.38. The molecule has 66 valence electrons. The Morgan fingerprint density at radius 2 is 1.83 bits per heavy atom. The summed E-state index contributed by atoms with van der Waals surface area (Å²) < 4.78 is 9.93. The highest BCUT2D eigenvalue weighted by atomic mass is 16.5. The zero-order valence-corrected chi connectivity index (χ0v) is 7.42. The minimum absolute atomic E-state index is 0.106. The molecule has 0 bridgehead atoms. The van der Waals surface area contributed by atoms with Crippen molar-refractivity contribution >= 4 is 0 Å². The van der Waals surface area contributed by atoms with Crippen LogP contribution in [-0.4, -0.2) is 19.3 Å². The molecule has 1 aromatic rings. The fourth-order valence-corrected chi connectivity index (χ4v) is 1.11. The van der Waals surface area contributed by atoms with Crippen molar-refractivity contribution in [3.8, 4) is 17.2 Å². The van der Waals surface area contributed by atoms with Crippen molar-refractivity contribution in [1.29, 1.82) is 0 Å². The molecule has 3 nitrogen and oxygen atoms in total. The van der Waals surface area contributed by atoms with E-state index in [9.17, 15) is 5.11 Å². The third-order valence-corrected chi connectivity index (χ3v) is 1.67. The summed E-state index contributed by atoms with van der Waals surface area (Å²) in [6.07, 6.45) is 0. The molecular weight excluding hydrogens is 156 g/mol. The zero-order valence-electron chi connectivity index (χ0n) is 7.42. The van der Waals surface area contributed by atoms with Gasteiger partial charge in [0.1, 0.15) is 5.75 Å². The quantitative estimate of drug-likeness (QED) is 0.730. The number of aryl methyl sites for hydroxylation is 1. The third-order valence-electron chi connectivity index (χ3n) is 1.67. The van der Waals surface area contributed by atoms with Crippen molar-refractivity contribution in [2.24, 2.45) is 0 Å². The van der Waals surface area contributed by atoms with Crippen LogP contribution >= 0.6 is 0 Å². The van der Waals surface area contributed by atoms with Crippen LogP contribution in [0.2, 0.25) is 0 Å². The second-order valence-corrected chi connectivity index (χ2v) is 2.50. The van der Waals surface area contributed by atoms with E-state index in [1.54, 1.807) is 13.2 Å². The van der Waals surface area contributed by atoms with Gasteiger partial charge >= 0.3 is 0 Å². The normalized spacial score (nSPS) is 9.58. The SMILES string of the molecule is COc1cc(C)c(OC)c(O)c1. The van der Waals surface area contributed by atoms with E-state index in [0.717, 1.165) is 5.56 Å². The summed E-state index contributed by atoms with van der Waals surface area (Å²) in [5.41, 5.74) is 0.856. The first-order valence-corrected chi connectivity index (χ1v) is 3.60. The number of rotatable bonds is 2. The van der Waals surface area contributed by atoms with Crippen molar-refractivity contribution in [2.75, 3.05) is 14.2 Å². The molecule has 0 saturated carbocycles. The number of hydrogen-bond donors (Lipinski definition) is 1. The van der Waals surface area contributed by atoms with Crippen LogP contribution in [0.5, 0.6) is 17.2 Å². The second-order valence-electron chi connectivity index (χ2n) is 2.50. The van der Waals surface area contributed by atoms with Gasteiger partial charge in [-0.1, -0.05) is 0 Å². The van der Waals surface area contributed by atoms with Gasteiger partial charge in [-0.05, 0) is 18.6 Å². The summed E-state index contributed by atoms with van der Waals surface area (Å²) in [7, 11) is 3.08. The van der Waals surface area contributed by atoms with E-state index in [1.807, 2.05) is 6.92 Å². The van der Waals surface area contributed by atoms with Crippen molar-refractivity contribution in [3.63, 3.8) is 0 Å². The van der Waals surface area contributed by atoms with Crippen LogP contribution in [-0.2, 0) is 0 Å². The molecule has 0 spiro atoms. The summed E-state index contributed by atoms with van der Waals surface area (Å²) in [5, 5.41) is 9.40. The molecule has 3 heteroatoms. The first kappa shape index (κ1) is 8.71.